The van der Waals surface area contributed by atoms with Crippen LogP contribution in [0.25, 0.3) is 0 Å². The fourth-order valence-corrected chi connectivity index (χ4v) is 4.70. The molecule has 1 amide bonds. The van der Waals surface area contributed by atoms with Gasteiger partial charge in [-0.25, -0.2) is 14.4 Å². The summed E-state index contributed by atoms with van der Waals surface area (Å²) >= 11 is 0. The van der Waals surface area contributed by atoms with Crippen LogP contribution in [0.15, 0.2) is 24.3 Å². The van der Waals surface area contributed by atoms with E-state index in [4.69, 9.17) is 14.7 Å². The number of anilines is 1. The van der Waals surface area contributed by atoms with Crippen molar-refractivity contribution in [2.45, 2.75) is 58.0 Å². The number of rotatable bonds is 6. The molecule has 1 aromatic heterocycles. The van der Waals surface area contributed by atoms with Gasteiger partial charge in [0, 0.05) is 38.0 Å². The first-order valence-corrected chi connectivity index (χ1v) is 11.2. The summed E-state index contributed by atoms with van der Waals surface area (Å²) in [4.78, 5) is 26.8. The number of piperidine rings is 1. The molecule has 0 radical (unpaired) electrons. The van der Waals surface area contributed by atoms with Crippen LogP contribution in [0.1, 0.15) is 60.8 Å². The maximum Gasteiger partial charge on any atom is 0.225 e. The molecule has 2 aromatic rings. The lowest BCUT2D eigenvalue weighted by Gasteiger charge is -2.37. The van der Waals surface area contributed by atoms with Crippen LogP contribution < -0.4 is 4.90 Å². The molecule has 31 heavy (non-hydrogen) atoms. The molecular weight excluding hydrogens is 395 g/mol. The minimum absolute atomic E-state index is 0.0972. The molecular formula is C24H31FN4O2. The van der Waals surface area contributed by atoms with E-state index >= 15 is 0 Å². The van der Waals surface area contributed by atoms with Crippen LogP contribution in [0.3, 0.4) is 0 Å². The van der Waals surface area contributed by atoms with Crippen LogP contribution in [-0.4, -0.2) is 47.6 Å². The molecule has 166 valence electrons. The Morgan fingerprint density at radius 1 is 1.23 bits per heavy atom. The van der Waals surface area contributed by atoms with Crippen molar-refractivity contribution in [3.8, 4) is 0 Å². The summed E-state index contributed by atoms with van der Waals surface area (Å²) in [5.41, 5.74) is 3.08. The molecule has 0 saturated carbocycles. The summed E-state index contributed by atoms with van der Waals surface area (Å²) in [5.74, 6) is 1.55. The van der Waals surface area contributed by atoms with Crippen molar-refractivity contribution in [2.24, 2.45) is 0 Å². The maximum atomic E-state index is 13.7. The first kappa shape index (κ1) is 21.7. The molecule has 0 spiro atoms. The van der Waals surface area contributed by atoms with E-state index in [1.165, 1.54) is 11.6 Å². The van der Waals surface area contributed by atoms with Crippen LogP contribution in [0, 0.1) is 12.7 Å². The van der Waals surface area contributed by atoms with E-state index in [-0.39, 0.29) is 17.8 Å². The Bertz CT molecular complexity index is 936. The standard InChI is InChI=1S/C24H31FN4O2/c1-17-20-9-6-12-28(16-18-7-5-8-19(25)15-18)24(20)27-23(26-17)21-10-3-4-13-29(21)22(30)11-14-31-2/h5,7-8,15,21H,3-4,6,9-14,16H2,1-2H3. The van der Waals surface area contributed by atoms with Crippen LogP contribution in [0.2, 0.25) is 0 Å². The van der Waals surface area contributed by atoms with E-state index in [1.54, 1.807) is 19.2 Å². The van der Waals surface area contributed by atoms with Crippen LogP contribution in [-0.2, 0) is 22.5 Å². The number of methoxy groups -OCH3 is 1. The number of aryl methyl sites for hydroxylation is 1. The highest BCUT2D eigenvalue weighted by Gasteiger charge is 2.32. The molecule has 2 aliphatic rings. The number of nitrogens with zero attached hydrogens (tertiary/aromatic N) is 4. The maximum absolute atomic E-state index is 13.7. The highest BCUT2D eigenvalue weighted by Crippen LogP contribution is 2.34. The number of carbonyl (C=O) groups is 1. The summed E-state index contributed by atoms with van der Waals surface area (Å²) in [6, 6.07) is 6.65. The molecule has 2 aliphatic heterocycles. The van der Waals surface area contributed by atoms with Gasteiger partial charge in [0.25, 0.3) is 0 Å². The van der Waals surface area contributed by atoms with Crippen LogP contribution in [0.4, 0.5) is 10.2 Å². The Morgan fingerprint density at radius 3 is 2.90 bits per heavy atom. The second-order valence-electron chi connectivity index (χ2n) is 8.47. The van der Waals surface area contributed by atoms with E-state index in [0.717, 1.165) is 68.1 Å². The predicted octanol–water partition coefficient (Wildman–Crippen LogP) is 3.97. The minimum Gasteiger partial charge on any atom is -0.384 e. The molecule has 0 N–H and O–H groups in total. The monoisotopic (exact) mass is 426 g/mol. The van der Waals surface area contributed by atoms with Gasteiger partial charge in [0.1, 0.15) is 11.6 Å². The predicted molar refractivity (Wildman–Crippen MR) is 117 cm³/mol. The second-order valence-corrected chi connectivity index (χ2v) is 8.47. The van der Waals surface area contributed by atoms with Gasteiger partial charge in [0.15, 0.2) is 5.82 Å². The lowest BCUT2D eigenvalue weighted by molar-refractivity contribution is -0.136. The zero-order valence-corrected chi connectivity index (χ0v) is 18.4. The Hall–Kier alpha value is -2.54. The molecule has 1 atom stereocenters. The Labute approximate surface area is 183 Å². The van der Waals surface area contributed by atoms with Gasteiger partial charge in [-0.05, 0) is 56.7 Å². The Morgan fingerprint density at radius 2 is 2.10 bits per heavy atom. The second kappa shape index (κ2) is 9.73. The van der Waals surface area contributed by atoms with Crippen LogP contribution in [0.5, 0.6) is 0 Å². The molecule has 1 saturated heterocycles. The van der Waals surface area contributed by atoms with Crippen molar-refractivity contribution in [2.75, 3.05) is 31.7 Å². The highest BCUT2D eigenvalue weighted by atomic mass is 19.1. The van der Waals surface area contributed by atoms with Crippen molar-refractivity contribution >= 4 is 11.7 Å². The van der Waals surface area contributed by atoms with E-state index < -0.39 is 0 Å². The molecule has 7 heteroatoms. The number of halogens is 1. The number of likely N-dealkylation sites (tertiary alicyclic amines) is 1. The van der Waals surface area contributed by atoms with Crippen molar-refractivity contribution in [3.63, 3.8) is 0 Å². The number of amides is 1. The molecule has 4 rings (SSSR count). The normalized spacial score (nSPS) is 18.7. The Balaban J connectivity index is 1.64. The number of hydrogen-bond acceptors (Lipinski definition) is 5. The summed E-state index contributed by atoms with van der Waals surface area (Å²) in [6.07, 6.45) is 5.29. The third-order valence-electron chi connectivity index (χ3n) is 6.27. The number of ether oxygens (including phenoxy) is 1. The van der Waals surface area contributed by atoms with E-state index in [9.17, 15) is 9.18 Å². The molecule has 1 aromatic carbocycles. The summed E-state index contributed by atoms with van der Waals surface area (Å²) in [6.45, 7) is 4.69. The van der Waals surface area contributed by atoms with Gasteiger partial charge in [0.2, 0.25) is 5.91 Å². The SMILES string of the molecule is COCCC(=O)N1CCCCC1c1nc(C)c2c(n1)N(Cc1cccc(F)c1)CCC2. The fourth-order valence-electron chi connectivity index (χ4n) is 4.70. The van der Waals surface area contributed by atoms with Crippen molar-refractivity contribution in [1.29, 1.82) is 0 Å². The Kier molecular flexibility index (Phi) is 6.80. The quantitative estimate of drug-likeness (QED) is 0.700. The average Bonchev–Trinajstić information content (AvgIpc) is 2.78. The van der Waals surface area contributed by atoms with Gasteiger partial charge in [0.05, 0.1) is 19.1 Å². The third-order valence-corrected chi connectivity index (χ3v) is 6.27. The van der Waals surface area contributed by atoms with Crippen LogP contribution >= 0.6 is 0 Å². The molecule has 3 heterocycles. The molecule has 0 aliphatic carbocycles. The number of fused-ring (bicyclic) bond motifs is 1. The minimum atomic E-state index is -0.221. The van der Waals surface area contributed by atoms with Gasteiger partial charge < -0.3 is 14.5 Å². The summed E-state index contributed by atoms with van der Waals surface area (Å²) < 4.78 is 18.8. The smallest absolute Gasteiger partial charge is 0.225 e. The number of aromatic nitrogens is 2. The highest BCUT2D eigenvalue weighted by molar-refractivity contribution is 5.76. The zero-order chi connectivity index (χ0) is 21.8. The topological polar surface area (TPSA) is 58.6 Å². The average molecular weight is 427 g/mol. The molecule has 0 bridgehead atoms. The fraction of sp³-hybridized carbons (Fsp3) is 0.542. The van der Waals surface area contributed by atoms with Gasteiger partial charge in [-0.2, -0.15) is 0 Å². The van der Waals surface area contributed by atoms with Gasteiger partial charge in [-0.1, -0.05) is 12.1 Å². The molecule has 6 nitrogen and oxygen atoms in total. The van der Waals surface area contributed by atoms with Gasteiger partial charge >= 0.3 is 0 Å². The largest absolute Gasteiger partial charge is 0.384 e. The van der Waals surface area contributed by atoms with Crippen molar-refractivity contribution < 1.29 is 13.9 Å². The molecule has 1 unspecified atom stereocenters. The first-order chi connectivity index (χ1) is 15.1. The van der Waals surface area contributed by atoms with Gasteiger partial charge in [-0.15, -0.1) is 0 Å². The van der Waals surface area contributed by atoms with E-state index in [0.29, 0.717) is 19.6 Å². The first-order valence-electron chi connectivity index (χ1n) is 11.2. The van der Waals surface area contributed by atoms with Crippen molar-refractivity contribution in [3.05, 3.63) is 52.7 Å². The van der Waals surface area contributed by atoms with E-state index in [2.05, 4.69) is 4.90 Å². The summed E-state index contributed by atoms with van der Waals surface area (Å²) in [5, 5.41) is 0. The summed E-state index contributed by atoms with van der Waals surface area (Å²) in [7, 11) is 1.62. The number of hydrogen-bond donors (Lipinski definition) is 0. The third kappa shape index (κ3) is 4.87. The molecule has 1 fully saturated rings. The van der Waals surface area contributed by atoms with Crippen molar-refractivity contribution in [1.82, 2.24) is 14.9 Å². The lowest BCUT2D eigenvalue weighted by atomic mass is 9.99. The number of carbonyl (C=O) groups excluding carboxylic acids is 1. The van der Waals surface area contributed by atoms with Gasteiger partial charge in [-0.3, -0.25) is 4.79 Å². The number of benzene rings is 1. The van der Waals surface area contributed by atoms with E-state index in [1.807, 2.05) is 17.9 Å². The zero-order valence-electron chi connectivity index (χ0n) is 18.4. The lowest BCUT2D eigenvalue weighted by Crippen LogP contribution is -2.40.